The van der Waals surface area contributed by atoms with Crippen molar-refractivity contribution in [3.63, 3.8) is 0 Å². The van der Waals surface area contributed by atoms with Crippen molar-refractivity contribution in [1.29, 1.82) is 0 Å². The Labute approximate surface area is 144 Å². The van der Waals surface area contributed by atoms with E-state index in [9.17, 15) is 14.0 Å². The monoisotopic (exact) mass is 346 g/mol. The normalized spacial score (nSPS) is 20.4. The Bertz CT molecular complexity index is 822. The largest absolute Gasteiger partial charge is 0.325 e. The second kappa shape index (κ2) is 5.91. The van der Waals surface area contributed by atoms with Gasteiger partial charge in [-0.3, -0.25) is 9.69 Å². The average Bonchev–Trinajstić information content (AvgIpc) is 2.73. The Morgan fingerprint density at radius 2 is 1.83 bits per heavy atom. The van der Waals surface area contributed by atoms with Gasteiger partial charge in [0.2, 0.25) is 0 Å². The third kappa shape index (κ3) is 2.76. The molecule has 4 nitrogen and oxygen atoms in total. The molecule has 0 saturated carbocycles. The highest BCUT2D eigenvalue weighted by molar-refractivity contribution is 6.32. The number of carbonyl (C=O) groups is 2. The molecule has 2 aromatic rings. The lowest BCUT2D eigenvalue weighted by atomic mass is 9.92. The zero-order valence-corrected chi connectivity index (χ0v) is 14.0. The average molecular weight is 347 g/mol. The van der Waals surface area contributed by atoms with Crippen molar-refractivity contribution < 1.29 is 14.0 Å². The van der Waals surface area contributed by atoms with Gasteiger partial charge in [0.1, 0.15) is 11.4 Å². The number of imide groups is 1. The van der Waals surface area contributed by atoms with Gasteiger partial charge in [-0.05, 0) is 31.5 Å². The molecule has 1 unspecified atom stereocenters. The van der Waals surface area contributed by atoms with Crippen LogP contribution >= 0.6 is 11.6 Å². The number of nitrogens with zero attached hydrogens (tertiary/aromatic N) is 1. The van der Waals surface area contributed by atoms with Crippen LogP contribution in [-0.2, 0) is 16.9 Å². The molecule has 0 bridgehead atoms. The molecule has 124 valence electrons. The van der Waals surface area contributed by atoms with E-state index >= 15 is 0 Å². The molecule has 2 aromatic carbocycles. The highest BCUT2D eigenvalue weighted by Gasteiger charge is 2.49. The van der Waals surface area contributed by atoms with Crippen LogP contribution in [0.1, 0.15) is 23.6 Å². The van der Waals surface area contributed by atoms with Crippen LogP contribution in [0, 0.1) is 12.7 Å². The zero-order valence-electron chi connectivity index (χ0n) is 13.3. The molecule has 6 heteroatoms. The van der Waals surface area contributed by atoms with E-state index in [1.807, 2.05) is 31.2 Å². The molecule has 3 rings (SSSR count). The van der Waals surface area contributed by atoms with Gasteiger partial charge in [0, 0.05) is 10.6 Å². The molecule has 3 amide bonds. The minimum atomic E-state index is -1.31. The summed E-state index contributed by atoms with van der Waals surface area (Å²) in [5.41, 5.74) is 1.000. The van der Waals surface area contributed by atoms with Crippen LogP contribution < -0.4 is 5.32 Å². The number of halogens is 2. The Balaban J connectivity index is 1.91. The highest BCUT2D eigenvalue weighted by atomic mass is 35.5. The van der Waals surface area contributed by atoms with E-state index < -0.39 is 23.3 Å². The maximum Gasteiger partial charge on any atom is 0.325 e. The van der Waals surface area contributed by atoms with Gasteiger partial charge >= 0.3 is 6.03 Å². The summed E-state index contributed by atoms with van der Waals surface area (Å²) >= 11 is 6.08. The van der Waals surface area contributed by atoms with Gasteiger partial charge in [-0.1, -0.05) is 47.5 Å². The van der Waals surface area contributed by atoms with Crippen molar-refractivity contribution in [2.24, 2.45) is 0 Å². The summed E-state index contributed by atoms with van der Waals surface area (Å²) in [6, 6.07) is 10.9. The molecule has 0 spiro atoms. The first kappa shape index (κ1) is 16.5. The molecule has 1 fully saturated rings. The maximum atomic E-state index is 13.3. The highest BCUT2D eigenvalue weighted by Crippen LogP contribution is 2.34. The van der Waals surface area contributed by atoms with Crippen LogP contribution in [0.3, 0.4) is 0 Å². The molecule has 24 heavy (non-hydrogen) atoms. The number of hydrogen-bond donors (Lipinski definition) is 1. The van der Waals surface area contributed by atoms with Crippen molar-refractivity contribution in [3.8, 4) is 0 Å². The zero-order chi connectivity index (χ0) is 17.5. The van der Waals surface area contributed by atoms with Gasteiger partial charge in [-0.25, -0.2) is 9.18 Å². The number of amides is 3. The third-order valence-electron chi connectivity index (χ3n) is 4.21. The molecule has 1 aliphatic heterocycles. The summed E-state index contributed by atoms with van der Waals surface area (Å²) in [6.07, 6.45) is 0. The minimum absolute atomic E-state index is 0.100. The molecule has 1 heterocycles. The third-order valence-corrected chi connectivity index (χ3v) is 4.52. The summed E-state index contributed by atoms with van der Waals surface area (Å²) in [5.74, 6) is -0.915. The Kier molecular flexibility index (Phi) is 4.05. The molecule has 0 aliphatic carbocycles. The van der Waals surface area contributed by atoms with Crippen molar-refractivity contribution in [1.82, 2.24) is 10.2 Å². The molecular formula is C18H16ClFN2O2. The van der Waals surface area contributed by atoms with Crippen LogP contribution in [0.2, 0.25) is 5.02 Å². The van der Waals surface area contributed by atoms with E-state index in [0.717, 1.165) is 22.1 Å². The Hall–Kier alpha value is -2.40. The van der Waals surface area contributed by atoms with E-state index in [1.165, 1.54) is 12.1 Å². The van der Waals surface area contributed by atoms with Gasteiger partial charge in [0.25, 0.3) is 5.91 Å². The van der Waals surface area contributed by atoms with Gasteiger partial charge in [0.05, 0.1) is 6.54 Å². The van der Waals surface area contributed by atoms with E-state index in [-0.39, 0.29) is 11.6 Å². The summed E-state index contributed by atoms with van der Waals surface area (Å²) in [6.45, 7) is 3.70. The number of urea groups is 1. The summed E-state index contributed by atoms with van der Waals surface area (Å²) in [5, 5.41) is 2.77. The number of nitrogens with one attached hydrogen (secondary N) is 1. The molecule has 0 radical (unpaired) electrons. The number of benzene rings is 2. The van der Waals surface area contributed by atoms with E-state index in [1.54, 1.807) is 6.92 Å². The van der Waals surface area contributed by atoms with Crippen molar-refractivity contribution in [3.05, 3.63) is 70.0 Å². The lowest BCUT2D eigenvalue weighted by molar-refractivity contribution is -0.131. The SMILES string of the molecule is Cc1ccc(CN2C(=O)NC(C)(c3ccc(F)cc3Cl)C2=O)cc1. The fourth-order valence-corrected chi connectivity index (χ4v) is 3.15. The molecule has 0 aromatic heterocycles. The van der Waals surface area contributed by atoms with E-state index in [0.29, 0.717) is 5.56 Å². The molecule has 1 saturated heterocycles. The predicted octanol–water partition coefficient (Wildman–Crippen LogP) is 3.75. The number of carbonyl (C=O) groups excluding carboxylic acids is 2. The van der Waals surface area contributed by atoms with Crippen LogP contribution in [-0.4, -0.2) is 16.8 Å². The predicted molar refractivity (Wildman–Crippen MR) is 89.0 cm³/mol. The van der Waals surface area contributed by atoms with Gasteiger partial charge in [-0.2, -0.15) is 0 Å². The standard InChI is InChI=1S/C18H16ClFN2O2/c1-11-3-5-12(6-4-11)10-22-16(23)18(2,21-17(22)24)14-8-7-13(20)9-15(14)19/h3-9H,10H2,1-2H3,(H,21,24). The molecule has 1 aliphatic rings. The van der Waals surface area contributed by atoms with Gasteiger partial charge < -0.3 is 5.32 Å². The van der Waals surface area contributed by atoms with Crippen LogP contribution in [0.25, 0.3) is 0 Å². The van der Waals surface area contributed by atoms with Crippen LogP contribution in [0.4, 0.5) is 9.18 Å². The van der Waals surface area contributed by atoms with Gasteiger partial charge in [-0.15, -0.1) is 0 Å². The molecule has 1 atom stereocenters. The quantitative estimate of drug-likeness (QED) is 0.860. The maximum absolute atomic E-state index is 13.3. The first-order valence-electron chi connectivity index (χ1n) is 7.46. The van der Waals surface area contributed by atoms with Crippen molar-refractivity contribution in [2.45, 2.75) is 25.9 Å². The number of rotatable bonds is 3. The summed E-state index contributed by atoms with van der Waals surface area (Å²) in [7, 11) is 0. The number of aryl methyl sites for hydroxylation is 1. The van der Waals surface area contributed by atoms with Crippen molar-refractivity contribution in [2.75, 3.05) is 0 Å². The Morgan fingerprint density at radius 3 is 2.46 bits per heavy atom. The first-order valence-corrected chi connectivity index (χ1v) is 7.84. The fourth-order valence-electron chi connectivity index (χ4n) is 2.79. The lowest BCUT2D eigenvalue weighted by Crippen LogP contribution is -2.41. The van der Waals surface area contributed by atoms with Crippen LogP contribution in [0.5, 0.6) is 0 Å². The van der Waals surface area contributed by atoms with Crippen LogP contribution in [0.15, 0.2) is 42.5 Å². The first-order chi connectivity index (χ1) is 11.3. The molecule has 1 N–H and O–H groups in total. The van der Waals surface area contributed by atoms with Crippen molar-refractivity contribution >= 4 is 23.5 Å². The lowest BCUT2D eigenvalue weighted by Gasteiger charge is -2.23. The molecular weight excluding hydrogens is 331 g/mol. The second-order valence-corrected chi connectivity index (χ2v) is 6.46. The second-order valence-electron chi connectivity index (χ2n) is 6.06. The topological polar surface area (TPSA) is 49.4 Å². The Morgan fingerprint density at radius 1 is 1.17 bits per heavy atom. The van der Waals surface area contributed by atoms with Gasteiger partial charge in [0.15, 0.2) is 0 Å². The fraction of sp³-hybridized carbons (Fsp3) is 0.222. The minimum Gasteiger partial charge on any atom is -0.319 e. The number of hydrogen-bond acceptors (Lipinski definition) is 2. The smallest absolute Gasteiger partial charge is 0.319 e. The van der Waals surface area contributed by atoms with E-state index in [2.05, 4.69) is 5.32 Å². The summed E-state index contributed by atoms with van der Waals surface area (Å²) < 4.78 is 13.3. The summed E-state index contributed by atoms with van der Waals surface area (Å²) in [4.78, 5) is 26.3. The van der Waals surface area contributed by atoms with E-state index in [4.69, 9.17) is 11.6 Å².